The second-order valence-corrected chi connectivity index (χ2v) is 5.65. The Labute approximate surface area is 117 Å². The van der Waals surface area contributed by atoms with Crippen molar-refractivity contribution in [3.8, 4) is 0 Å². The number of hydrogen-bond donors (Lipinski definition) is 2. The first-order valence-electron chi connectivity index (χ1n) is 6.25. The van der Waals surface area contributed by atoms with Gasteiger partial charge in [0.2, 0.25) is 0 Å². The van der Waals surface area contributed by atoms with Gasteiger partial charge in [0.1, 0.15) is 5.54 Å². The lowest BCUT2D eigenvalue weighted by Gasteiger charge is -2.27. The van der Waals surface area contributed by atoms with Crippen molar-refractivity contribution in [2.75, 3.05) is 5.32 Å². The van der Waals surface area contributed by atoms with E-state index in [1.54, 1.807) is 6.92 Å². The Balaban J connectivity index is 2.76. The van der Waals surface area contributed by atoms with Crippen molar-refractivity contribution in [1.29, 1.82) is 0 Å². The van der Waals surface area contributed by atoms with Gasteiger partial charge in [0.25, 0.3) is 0 Å². The van der Waals surface area contributed by atoms with Gasteiger partial charge < -0.3 is 10.4 Å². The largest absolute Gasteiger partial charge is 0.480 e. The van der Waals surface area contributed by atoms with Crippen molar-refractivity contribution in [3.63, 3.8) is 0 Å². The van der Waals surface area contributed by atoms with Crippen LogP contribution in [-0.4, -0.2) is 16.6 Å². The Morgan fingerprint density at radius 2 is 2.17 bits per heavy atom. The predicted molar refractivity (Wildman–Crippen MR) is 77.9 cm³/mol. The van der Waals surface area contributed by atoms with E-state index in [9.17, 15) is 9.90 Å². The molecule has 0 heterocycles. The molecule has 1 aromatic carbocycles. The van der Waals surface area contributed by atoms with Crippen molar-refractivity contribution in [2.24, 2.45) is 0 Å². The average molecular weight is 314 g/mol. The highest BCUT2D eigenvalue weighted by Crippen LogP contribution is 2.24. The number of aliphatic carboxylic acids is 1. The lowest BCUT2D eigenvalue weighted by Crippen LogP contribution is -2.43. The highest BCUT2D eigenvalue weighted by atomic mass is 79.9. The number of halogens is 1. The van der Waals surface area contributed by atoms with Gasteiger partial charge in [-0.25, -0.2) is 4.79 Å². The summed E-state index contributed by atoms with van der Waals surface area (Å²) in [6.07, 6.45) is 3.69. The molecule has 4 heteroatoms. The van der Waals surface area contributed by atoms with Crippen LogP contribution in [0.5, 0.6) is 0 Å². The maximum Gasteiger partial charge on any atom is 0.329 e. The number of nitrogens with one attached hydrogen (secondary N) is 1. The molecule has 0 bridgehead atoms. The molecule has 0 amide bonds. The van der Waals surface area contributed by atoms with E-state index in [1.807, 2.05) is 24.3 Å². The molecule has 2 N–H and O–H groups in total. The Morgan fingerprint density at radius 3 is 2.72 bits per heavy atom. The van der Waals surface area contributed by atoms with Crippen LogP contribution < -0.4 is 5.32 Å². The third-order valence-corrected chi connectivity index (χ3v) is 3.49. The summed E-state index contributed by atoms with van der Waals surface area (Å²) in [4.78, 5) is 11.4. The molecule has 0 aliphatic rings. The molecule has 18 heavy (non-hydrogen) atoms. The highest BCUT2D eigenvalue weighted by Gasteiger charge is 2.32. The van der Waals surface area contributed by atoms with E-state index in [0.717, 1.165) is 29.4 Å². The topological polar surface area (TPSA) is 49.3 Å². The minimum absolute atomic E-state index is 0.628. The van der Waals surface area contributed by atoms with E-state index in [2.05, 4.69) is 28.2 Å². The first-order valence-corrected chi connectivity index (χ1v) is 7.04. The standard InChI is InChI=1S/C14H20BrNO2/c1-3-4-5-9-14(2,13(17)18)16-12-8-6-7-11(15)10-12/h6-8,10,16H,3-5,9H2,1-2H3,(H,17,18). The number of unbranched alkanes of at least 4 members (excludes halogenated alkanes) is 2. The van der Waals surface area contributed by atoms with Gasteiger partial charge in [-0.1, -0.05) is 48.2 Å². The summed E-state index contributed by atoms with van der Waals surface area (Å²) < 4.78 is 0.939. The SMILES string of the molecule is CCCCCC(C)(Nc1cccc(Br)c1)C(=O)O. The zero-order valence-corrected chi connectivity index (χ0v) is 12.5. The smallest absolute Gasteiger partial charge is 0.329 e. The number of carboxylic acids is 1. The molecule has 1 rings (SSSR count). The fourth-order valence-electron chi connectivity index (χ4n) is 1.84. The number of carbonyl (C=O) groups is 1. The predicted octanol–water partition coefficient (Wildman–Crippen LogP) is 4.28. The molecule has 1 unspecified atom stereocenters. The normalized spacial score (nSPS) is 13.9. The number of benzene rings is 1. The minimum Gasteiger partial charge on any atom is -0.480 e. The molecule has 3 nitrogen and oxygen atoms in total. The molecule has 0 fully saturated rings. The number of carboxylic acid groups (broad SMARTS) is 1. The number of hydrogen-bond acceptors (Lipinski definition) is 2. The van der Waals surface area contributed by atoms with Crippen LogP contribution in [0.1, 0.15) is 39.5 Å². The van der Waals surface area contributed by atoms with Gasteiger partial charge in [-0.15, -0.1) is 0 Å². The van der Waals surface area contributed by atoms with Crippen LogP contribution in [0.15, 0.2) is 28.7 Å². The number of rotatable bonds is 7. The van der Waals surface area contributed by atoms with E-state index in [4.69, 9.17) is 0 Å². The molecule has 0 radical (unpaired) electrons. The zero-order valence-electron chi connectivity index (χ0n) is 10.9. The lowest BCUT2D eigenvalue weighted by molar-refractivity contribution is -0.142. The summed E-state index contributed by atoms with van der Waals surface area (Å²) >= 11 is 3.38. The Kier molecular flexibility index (Phi) is 5.66. The van der Waals surface area contributed by atoms with Crippen LogP contribution in [0.2, 0.25) is 0 Å². The van der Waals surface area contributed by atoms with Gasteiger partial charge in [-0.05, 0) is 31.5 Å². The lowest BCUT2D eigenvalue weighted by atomic mass is 9.94. The van der Waals surface area contributed by atoms with Gasteiger partial charge in [0.15, 0.2) is 0 Å². The van der Waals surface area contributed by atoms with Gasteiger partial charge in [0.05, 0.1) is 0 Å². The molecule has 0 spiro atoms. The monoisotopic (exact) mass is 313 g/mol. The zero-order chi connectivity index (χ0) is 13.6. The molecule has 1 aromatic rings. The molecular formula is C14H20BrNO2. The molecule has 0 aliphatic heterocycles. The Morgan fingerprint density at radius 1 is 1.44 bits per heavy atom. The minimum atomic E-state index is -0.907. The summed E-state index contributed by atoms with van der Waals surface area (Å²) in [5.74, 6) is -0.807. The van der Waals surface area contributed by atoms with E-state index in [-0.39, 0.29) is 0 Å². The van der Waals surface area contributed by atoms with Crippen molar-refractivity contribution in [1.82, 2.24) is 0 Å². The summed E-state index contributed by atoms with van der Waals surface area (Å²) in [6.45, 7) is 3.85. The summed E-state index contributed by atoms with van der Waals surface area (Å²) in [6, 6.07) is 7.58. The van der Waals surface area contributed by atoms with Crippen LogP contribution in [0.4, 0.5) is 5.69 Å². The molecule has 0 aromatic heterocycles. The third-order valence-electron chi connectivity index (χ3n) is 3.00. The van der Waals surface area contributed by atoms with Crippen LogP contribution in [0, 0.1) is 0 Å². The van der Waals surface area contributed by atoms with Crippen molar-refractivity contribution >= 4 is 27.6 Å². The van der Waals surface area contributed by atoms with Gasteiger partial charge in [-0.2, -0.15) is 0 Å². The van der Waals surface area contributed by atoms with Gasteiger partial charge in [0, 0.05) is 10.2 Å². The van der Waals surface area contributed by atoms with E-state index < -0.39 is 11.5 Å². The second-order valence-electron chi connectivity index (χ2n) is 4.73. The summed E-state index contributed by atoms with van der Waals surface area (Å²) in [5.41, 5.74) is -0.0820. The van der Waals surface area contributed by atoms with E-state index in [0.29, 0.717) is 6.42 Å². The second kappa shape index (κ2) is 6.78. The van der Waals surface area contributed by atoms with Crippen LogP contribution in [0.25, 0.3) is 0 Å². The fourth-order valence-corrected chi connectivity index (χ4v) is 2.24. The first kappa shape index (κ1) is 15.0. The average Bonchev–Trinajstić information content (AvgIpc) is 2.29. The van der Waals surface area contributed by atoms with Crippen molar-refractivity contribution < 1.29 is 9.90 Å². The maximum absolute atomic E-state index is 11.4. The highest BCUT2D eigenvalue weighted by molar-refractivity contribution is 9.10. The van der Waals surface area contributed by atoms with Crippen molar-refractivity contribution in [2.45, 2.75) is 45.1 Å². The molecular weight excluding hydrogens is 294 g/mol. The quantitative estimate of drug-likeness (QED) is 0.738. The van der Waals surface area contributed by atoms with Gasteiger partial charge in [-0.3, -0.25) is 0 Å². The molecule has 100 valence electrons. The summed E-state index contributed by atoms with van der Waals surface area (Å²) in [7, 11) is 0. The Hall–Kier alpha value is -1.03. The van der Waals surface area contributed by atoms with Gasteiger partial charge >= 0.3 is 5.97 Å². The van der Waals surface area contributed by atoms with Crippen LogP contribution >= 0.6 is 15.9 Å². The molecule has 0 aliphatic carbocycles. The Bertz CT molecular complexity index is 409. The maximum atomic E-state index is 11.4. The van der Waals surface area contributed by atoms with Crippen molar-refractivity contribution in [3.05, 3.63) is 28.7 Å². The van der Waals surface area contributed by atoms with E-state index >= 15 is 0 Å². The van der Waals surface area contributed by atoms with E-state index in [1.165, 1.54) is 0 Å². The number of anilines is 1. The first-order chi connectivity index (χ1) is 8.48. The van der Waals surface area contributed by atoms with Crippen LogP contribution in [-0.2, 0) is 4.79 Å². The summed E-state index contributed by atoms with van der Waals surface area (Å²) in [5, 5.41) is 12.5. The molecule has 1 atom stereocenters. The fraction of sp³-hybridized carbons (Fsp3) is 0.500. The molecule has 0 saturated carbocycles. The third kappa shape index (κ3) is 4.33. The van der Waals surface area contributed by atoms with Crippen LogP contribution in [0.3, 0.4) is 0 Å². The molecule has 0 saturated heterocycles.